The number of nitro benzene ring substituents is 1. The van der Waals surface area contributed by atoms with Crippen molar-refractivity contribution in [3.8, 4) is 0 Å². The Morgan fingerprint density at radius 2 is 1.61 bits per heavy atom. The van der Waals surface area contributed by atoms with Gasteiger partial charge in [-0.05, 0) is 42.5 Å². The Hall–Kier alpha value is -3.14. The molecule has 0 saturated heterocycles. The summed E-state index contributed by atoms with van der Waals surface area (Å²) in [5, 5.41) is 14.0. The number of hydrogen-bond acceptors (Lipinski definition) is 5. The van der Waals surface area contributed by atoms with E-state index >= 15 is 0 Å². The number of hydrogen-bond donors (Lipinski definition) is 1. The number of non-ortho nitro benzene ring substituents is 1. The van der Waals surface area contributed by atoms with Crippen molar-refractivity contribution in [2.24, 2.45) is 0 Å². The number of nitrogens with zero attached hydrogens (tertiary/aromatic N) is 2. The van der Waals surface area contributed by atoms with Crippen LogP contribution in [0.5, 0.6) is 0 Å². The molecule has 0 bridgehead atoms. The SMILES string of the molecule is O=C(CN(c1ccc([N+](=O)[O-])cc1)S(=O)(=O)c1ccccc1)Nc1ccc(Cl)c(Cl)c1. The Kier molecular flexibility index (Phi) is 6.79. The smallest absolute Gasteiger partial charge is 0.269 e. The molecule has 0 heterocycles. The summed E-state index contributed by atoms with van der Waals surface area (Å²) in [6, 6.07) is 16.9. The predicted octanol–water partition coefficient (Wildman–Crippen LogP) is 4.74. The number of carbonyl (C=O) groups excluding carboxylic acids is 1. The molecule has 3 aromatic carbocycles. The molecule has 0 aromatic heterocycles. The highest BCUT2D eigenvalue weighted by Gasteiger charge is 2.27. The first-order valence-corrected chi connectivity index (χ1v) is 11.0. The zero-order valence-electron chi connectivity index (χ0n) is 15.7. The lowest BCUT2D eigenvalue weighted by molar-refractivity contribution is -0.384. The van der Waals surface area contributed by atoms with Crippen molar-refractivity contribution < 1.29 is 18.1 Å². The molecule has 0 spiro atoms. The van der Waals surface area contributed by atoms with Gasteiger partial charge in [-0.2, -0.15) is 0 Å². The van der Waals surface area contributed by atoms with Crippen LogP contribution in [0.3, 0.4) is 0 Å². The van der Waals surface area contributed by atoms with E-state index in [4.69, 9.17) is 23.2 Å². The number of carbonyl (C=O) groups is 1. The molecular formula is C20H15Cl2N3O5S. The second-order valence-corrected chi connectivity index (χ2v) is 8.95. The number of amides is 1. The summed E-state index contributed by atoms with van der Waals surface area (Å²) in [5.74, 6) is -0.642. The second kappa shape index (κ2) is 9.34. The van der Waals surface area contributed by atoms with Gasteiger partial charge in [-0.3, -0.25) is 19.2 Å². The minimum Gasteiger partial charge on any atom is -0.324 e. The third kappa shape index (κ3) is 5.32. The highest BCUT2D eigenvalue weighted by atomic mass is 35.5. The molecule has 0 saturated carbocycles. The Labute approximate surface area is 188 Å². The molecule has 0 radical (unpaired) electrons. The van der Waals surface area contributed by atoms with Crippen LogP contribution in [0, 0.1) is 10.1 Å². The van der Waals surface area contributed by atoms with E-state index in [0.717, 1.165) is 4.31 Å². The Bertz CT molecular complexity index is 1220. The number of benzene rings is 3. The predicted molar refractivity (Wildman–Crippen MR) is 119 cm³/mol. The molecule has 160 valence electrons. The lowest BCUT2D eigenvalue weighted by atomic mass is 10.3. The third-order valence-corrected chi connectivity index (χ3v) is 6.70. The third-order valence-electron chi connectivity index (χ3n) is 4.17. The van der Waals surface area contributed by atoms with Gasteiger partial charge >= 0.3 is 0 Å². The van der Waals surface area contributed by atoms with Gasteiger partial charge < -0.3 is 5.32 Å². The average molecular weight is 480 g/mol. The molecule has 0 fully saturated rings. The van der Waals surface area contributed by atoms with Gasteiger partial charge in [0.1, 0.15) is 6.54 Å². The van der Waals surface area contributed by atoms with Gasteiger partial charge in [-0.25, -0.2) is 8.42 Å². The summed E-state index contributed by atoms with van der Waals surface area (Å²) >= 11 is 11.8. The first kappa shape index (κ1) is 22.5. The normalized spacial score (nSPS) is 11.0. The molecule has 0 atom stereocenters. The van der Waals surface area contributed by atoms with Gasteiger partial charge in [0.05, 0.1) is 25.6 Å². The summed E-state index contributed by atoms with van der Waals surface area (Å²) in [6.45, 7) is -0.574. The monoisotopic (exact) mass is 479 g/mol. The lowest BCUT2D eigenvalue weighted by Crippen LogP contribution is -2.38. The highest BCUT2D eigenvalue weighted by Crippen LogP contribution is 2.27. The van der Waals surface area contributed by atoms with Gasteiger partial charge in [0.15, 0.2) is 0 Å². The van der Waals surface area contributed by atoms with Gasteiger partial charge in [0.25, 0.3) is 15.7 Å². The van der Waals surface area contributed by atoms with Gasteiger partial charge in [0.2, 0.25) is 5.91 Å². The maximum absolute atomic E-state index is 13.2. The zero-order chi connectivity index (χ0) is 22.6. The summed E-state index contributed by atoms with van der Waals surface area (Å²) < 4.78 is 27.3. The fraction of sp³-hybridized carbons (Fsp3) is 0.0500. The Morgan fingerprint density at radius 1 is 0.968 bits per heavy atom. The fourth-order valence-corrected chi connectivity index (χ4v) is 4.42. The van der Waals surface area contributed by atoms with Crippen molar-refractivity contribution in [3.63, 3.8) is 0 Å². The first-order chi connectivity index (χ1) is 14.7. The van der Waals surface area contributed by atoms with E-state index in [1.54, 1.807) is 18.2 Å². The minimum atomic E-state index is -4.13. The number of halogens is 2. The summed E-state index contributed by atoms with van der Waals surface area (Å²) in [5.41, 5.74) is 0.222. The van der Waals surface area contributed by atoms with E-state index in [1.807, 2.05) is 0 Å². The van der Waals surface area contributed by atoms with Crippen molar-refractivity contribution in [3.05, 3.63) is 93.0 Å². The molecule has 1 N–H and O–H groups in total. The number of nitrogens with one attached hydrogen (secondary N) is 1. The zero-order valence-corrected chi connectivity index (χ0v) is 18.1. The number of rotatable bonds is 7. The molecule has 0 unspecified atom stereocenters. The molecular weight excluding hydrogens is 465 g/mol. The Morgan fingerprint density at radius 3 is 2.19 bits per heavy atom. The highest BCUT2D eigenvalue weighted by molar-refractivity contribution is 7.92. The summed E-state index contributed by atoms with van der Waals surface area (Å²) in [6.07, 6.45) is 0. The molecule has 8 nitrogen and oxygen atoms in total. The van der Waals surface area contributed by atoms with Crippen LogP contribution in [0.15, 0.2) is 77.7 Å². The van der Waals surface area contributed by atoms with E-state index in [-0.39, 0.29) is 21.3 Å². The van der Waals surface area contributed by atoms with E-state index < -0.39 is 27.4 Å². The molecule has 1 amide bonds. The average Bonchev–Trinajstić information content (AvgIpc) is 2.75. The van der Waals surface area contributed by atoms with Gasteiger partial charge in [0, 0.05) is 17.8 Å². The van der Waals surface area contributed by atoms with Crippen LogP contribution >= 0.6 is 23.2 Å². The molecule has 0 aliphatic rings. The van der Waals surface area contributed by atoms with Crippen LogP contribution in [0.2, 0.25) is 10.0 Å². The largest absolute Gasteiger partial charge is 0.324 e. The van der Waals surface area contributed by atoms with Crippen LogP contribution in [0.25, 0.3) is 0 Å². The second-order valence-electron chi connectivity index (χ2n) is 6.28. The number of anilines is 2. The van der Waals surface area contributed by atoms with E-state index in [2.05, 4.69) is 5.32 Å². The molecule has 11 heteroatoms. The van der Waals surface area contributed by atoms with Crippen LogP contribution in [0.1, 0.15) is 0 Å². The van der Waals surface area contributed by atoms with Crippen molar-refractivity contribution in [2.75, 3.05) is 16.2 Å². The van der Waals surface area contributed by atoms with Crippen LogP contribution in [0.4, 0.5) is 17.1 Å². The molecule has 31 heavy (non-hydrogen) atoms. The quantitative estimate of drug-likeness (QED) is 0.388. The van der Waals surface area contributed by atoms with Crippen molar-refractivity contribution in [1.29, 1.82) is 0 Å². The van der Waals surface area contributed by atoms with Gasteiger partial charge in [-0.15, -0.1) is 0 Å². The van der Waals surface area contributed by atoms with Crippen molar-refractivity contribution in [2.45, 2.75) is 4.90 Å². The standard InChI is InChI=1S/C20H15Cl2N3O5S/c21-18-11-6-14(12-19(18)22)23-20(26)13-24(15-7-9-16(10-8-15)25(27)28)31(29,30)17-4-2-1-3-5-17/h1-12H,13H2,(H,23,26). The molecule has 3 aromatic rings. The number of nitro groups is 1. The van der Waals surface area contributed by atoms with Gasteiger partial charge in [-0.1, -0.05) is 41.4 Å². The maximum Gasteiger partial charge on any atom is 0.269 e. The molecule has 3 rings (SSSR count). The summed E-state index contributed by atoms with van der Waals surface area (Å²) in [4.78, 5) is 22.9. The lowest BCUT2D eigenvalue weighted by Gasteiger charge is -2.24. The van der Waals surface area contributed by atoms with E-state index in [9.17, 15) is 23.3 Å². The fourth-order valence-electron chi connectivity index (χ4n) is 2.68. The number of sulfonamides is 1. The molecule has 0 aliphatic carbocycles. The Balaban J connectivity index is 1.94. The minimum absolute atomic E-state index is 0.0318. The van der Waals surface area contributed by atoms with Crippen molar-refractivity contribution >= 4 is 56.2 Å². The van der Waals surface area contributed by atoms with Crippen LogP contribution < -0.4 is 9.62 Å². The van der Waals surface area contributed by atoms with Crippen molar-refractivity contribution in [1.82, 2.24) is 0 Å². The molecule has 0 aliphatic heterocycles. The van der Waals surface area contributed by atoms with E-state index in [1.165, 1.54) is 54.6 Å². The van der Waals surface area contributed by atoms with E-state index in [0.29, 0.717) is 10.7 Å². The van der Waals surface area contributed by atoms with Crippen LogP contribution in [-0.4, -0.2) is 25.8 Å². The maximum atomic E-state index is 13.2. The first-order valence-electron chi connectivity index (χ1n) is 8.75. The summed E-state index contributed by atoms with van der Waals surface area (Å²) in [7, 11) is -4.13. The van der Waals surface area contributed by atoms with Crippen LogP contribution in [-0.2, 0) is 14.8 Å². The topological polar surface area (TPSA) is 110 Å².